The third-order valence-corrected chi connectivity index (χ3v) is 3.33. The van der Waals surface area contributed by atoms with Gasteiger partial charge in [0.15, 0.2) is 0 Å². The molecule has 1 saturated heterocycles. The largest absolute Gasteiger partial charge is 0.378 e. The molecule has 0 unspecified atom stereocenters. The topological polar surface area (TPSA) is 12.5 Å². The van der Waals surface area contributed by atoms with Gasteiger partial charge in [-0.1, -0.05) is 43.2 Å². The minimum absolute atomic E-state index is 0.856. The summed E-state index contributed by atoms with van der Waals surface area (Å²) >= 11 is 0. The molecule has 0 aromatic heterocycles. The summed E-state index contributed by atoms with van der Waals surface area (Å²) in [6, 6.07) is 8.75. The van der Waals surface area contributed by atoms with Crippen molar-refractivity contribution in [1.29, 1.82) is 0 Å². The first-order chi connectivity index (χ1) is 8.79. The van der Waals surface area contributed by atoms with E-state index in [0.29, 0.717) is 0 Å². The molecular weight excluding hydrogens is 222 g/mol. The summed E-state index contributed by atoms with van der Waals surface area (Å²) < 4.78 is 5.43. The maximum absolute atomic E-state index is 5.43. The minimum Gasteiger partial charge on any atom is -0.378 e. The van der Waals surface area contributed by atoms with Gasteiger partial charge in [0.1, 0.15) is 0 Å². The number of hydrogen-bond donors (Lipinski definition) is 0. The molecule has 0 N–H and O–H groups in total. The molecule has 1 aliphatic rings. The number of ether oxygens (including phenoxy) is 1. The van der Waals surface area contributed by atoms with Crippen LogP contribution in [0.1, 0.15) is 30.9 Å². The van der Waals surface area contributed by atoms with E-state index < -0.39 is 0 Å². The predicted octanol–water partition coefficient (Wildman–Crippen LogP) is 3.47. The van der Waals surface area contributed by atoms with Crippen LogP contribution in [0.2, 0.25) is 0 Å². The Labute approximate surface area is 110 Å². The van der Waals surface area contributed by atoms with Crippen molar-refractivity contribution in [1.82, 2.24) is 4.90 Å². The van der Waals surface area contributed by atoms with Crippen molar-refractivity contribution in [2.24, 2.45) is 0 Å². The SMILES string of the molecule is CCC/C(=C\c1ccc(C)cc1)N1CCOCC1. The number of rotatable bonds is 4. The molecule has 0 spiro atoms. The van der Waals surface area contributed by atoms with Crippen molar-refractivity contribution in [3.63, 3.8) is 0 Å². The van der Waals surface area contributed by atoms with E-state index in [2.05, 4.69) is 49.1 Å². The van der Waals surface area contributed by atoms with Gasteiger partial charge in [0.05, 0.1) is 13.2 Å². The molecule has 1 fully saturated rings. The second-order valence-corrected chi connectivity index (χ2v) is 4.90. The molecule has 1 aromatic rings. The molecule has 0 bridgehead atoms. The van der Waals surface area contributed by atoms with Crippen LogP contribution in [0.25, 0.3) is 6.08 Å². The average Bonchev–Trinajstić information content (AvgIpc) is 2.42. The Bertz CT molecular complexity index is 388. The molecule has 18 heavy (non-hydrogen) atoms. The zero-order valence-corrected chi connectivity index (χ0v) is 11.5. The predicted molar refractivity (Wildman–Crippen MR) is 76.5 cm³/mol. The van der Waals surface area contributed by atoms with Crippen LogP contribution in [0.5, 0.6) is 0 Å². The zero-order valence-electron chi connectivity index (χ0n) is 11.5. The van der Waals surface area contributed by atoms with Crippen molar-refractivity contribution < 1.29 is 4.74 Å². The highest BCUT2D eigenvalue weighted by molar-refractivity contribution is 5.52. The molecule has 0 atom stereocenters. The Balaban J connectivity index is 2.14. The Morgan fingerprint density at radius 3 is 2.50 bits per heavy atom. The molecular formula is C16H23NO. The van der Waals surface area contributed by atoms with E-state index in [1.807, 2.05) is 0 Å². The number of allylic oxidation sites excluding steroid dienone is 1. The highest BCUT2D eigenvalue weighted by atomic mass is 16.5. The second-order valence-electron chi connectivity index (χ2n) is 4.90. The van der Waals surface area contributed by atoms with Gasteiger partial charge in [0.25, 0.3) is 0 Å². The molecule has 0 saturated carbocycles. The van der Waals surface area contributed by atoms with Crippen molar-refractivity contribution >= 4 is 6.08 Å². The molecule has 0 radical (unpaired) electrons. The maximum Gasteiger partial charge on any atom is 0.0642 e. The molecule has 2 nitrogen and oxygen atoms in total. The fourth-order valence-electron chi connectivity index (χ4n) is 2.28. The number of hydrogen-bond acceptors (Lipinski definition) is 2. The lowest BCUT2D eigenvalue weighted by Gasteiger charge is -2.31. The van der Waals surface area contributed by atoms with Gasteiger partial charge < -0.3 is 9.64 Å². The van der Waals surface area contributed by atoms with Crippen LogP contribution in [0, 0.1) is 6.92 Å². The summed E-state index contributed by atoms with van der Waals surface area (Å²) in [5, 5.41) is 0. The summed E-state index contributed by atoms with van der Waals surface area (Å²) in [4.78, 5) is 2.47. The lowest BCUT2D eigenvalue weighted by Crippen LogP contribution is -2.35. The standard InChI is InChI=1S/C16H23NO/c1-3-4-16(17-9-11-18-12-10-17)13-15-7-5-14(2)6-8-15/h5-8,13H,3-4,9-12H2,1-2H3/b16-13+. The fourth-order valence-corrected chi connectivity index (χ4v) is 2.28. The normalized spacial score (nSPS) is 17.0. The molecule has 0 aliphatic carbocycles. The summed E-state index contributed by atoms with van der Waals surface area (Å²) in [6.07, 6.45) is 4.66. The summed E-state index contributed by atoms with van der Waals surface area (Å²) in [5.41, 5.74) is 4.07. The first kappa shape index (κ1) is 13.2. The molecule has 98 valence electrons. The average molecular weight is 245 g/mol. The van der Waals surface area contributed by atoms with Gasteiger partial charge >= 0.3 is 0 Å². The number of benzene rings is 1. The van der Waals surface area contributed by atoms with E-state index >= 15 is 0 Å². The van der Waals surface area contributed by atoms with Crippen molar-refractivity contribution in [3.8, 4) is 0 Å². The molecule has 1 aromatic carbocycles. The van der Waals surface area contributed by atoms with Gasteiger partial charge in [-0.3, -0.25) is 0 Å². The monoisotopic (exact) mass is 245 g/mol. The number of aryl methyl sites for hydroxylation is 1. The van der Waals surface area contributed by atoms with E-state index in [4.69, 9.17) is 4.74 Å². The lowest BCUT2D eigenvalue weighted by atomic mass is 10.1. The van der Waals surface area contributed by atoms with E-state index in [1.54, 1.807) is 0 Å². The van der Waals surface area contributed by atoms with Crippen molar-refractivity contribution in [2.45, 2.75) is 26.7 Å². The molecule has 1 aliphatic heterocycles. The van der Waals surface area contributed by atoms with E-state index in [-0.39, 0.29) is 0 Å². The third kappa shape index (κ3) is 3.61. The van der Waals surface area contributed by atoms with Gasteiger partial charge in [-0.25, -0.2) is 0 Å². The molecule has 0 amide bonds. The Morgan fingerprint density at radius 2 is 1.89 bits per heavy atom. The van der Waals surface area contributed by atoms with Crippen LogP contribution < -0.4 is 0 Å². The van der Waals surface area contributed by atoms with Gasteiger partial charge in [0.2, 0.25) is 0 Å². The van der Waals surface area contributed by atoms with Gasteiger partial charge in [-0.2, -0.15) is 0 Å². The smallest absolute Gasteiger partial charge is 0.0642 e. The first-order valence-corrected chi connectivity index (χ1v) is 6.89. The Hall–Kier alpha value is -1.28. The highest BCUT2D eigenvalue weighted by Gasteiger charge is 2.12. The van der Waals surface area contributed by atoms with Crippen LogP contribution >= 0.6 is 0 Å². The fraction of sp³-hybridized carbons (Fsp3) is 0.500. The Morgan fingerprint density at radius 1 is 1.22 bits per heavy atom. The number of morpholine rings is 1. The molecule has 2 heteroatoms. The summed E-state index contributed by atoms with van der Waals surface area (Å²) in [5.74, 6) is 0. The van der Waals surface area contributed by atoms with Gasteiger partial charge in [0, 0.05) is 18.8 Å². The van der Waals surface area contributed by atoms with Crippen LogP contribution in [0.15, 0.2) is 30.0 Å². The van der Waals surface area contributed by atoms with E-state index in [1.165, 1.54) is 23.2 Å². The highest BCUT2D eigenvalue weighted by Crippen LogP contribution is 2.18. The van der Waals surface area contributed by atoms with Gasteiger partial charge in [-0.15, -0.1) is 0 Å². The van der Waals surface area contributed by atoms with Crippen LogP contribution in [0.3, 0.4) is 0 Å². The van der Waals surface area contributed by atoms with Crippen LogP contribution in [-0.4, -0.2) is 31.2 Å². The minimum atomic E-state index is 0.856. The van der Waals surface area contributed by atoms with Crippen LogP contribution in [0.4, 0.5) is 0 Å². The van der Waals surface area contributed by atoms with Crippen LogP contribution in [-0.2, 0) is 4.74 Å². The zero-order chi connectivity index (χ0) is 12.8. The van der Waals surface area contributed by atoms with E-state index in [0.717, 1.165) is 32.7 Å². The van der Waals surface area contributed by atoms with E-state index in [9.17, 15) is 0 Å². The lowest BCUT2D eigenvalue weighted by molar-refractivity contribution is 0.0526. The second kappa shape index (κ2) is 6.60. The molecule has 2 rings (SSSR count). The molecule has 1 heterocycles. The Kier molecular flexibility index (Phi) is 4.82. The summed E-state index contributed by atoms with van der Waals surface area (Å²) in [6.45, 7) is 8.13. The maximum atomic E-state index is 5.43. The van der Waals surface area contributed by atoms with Crippen molar-refractivity contribution in [3.05, 3.63) is 41.1 Å². The number of nitrogens with zero attached hydrogens (tertiary/aromatic N) is 1. The first-order valence-electron chi connectivity index (χ1n) is 6.89. The van der Waals surface area contributed by atoms with Gasteiger partial charge in [-0.05, 0) is 25.0 Å². The van der Waals surface area contributed by atoms with Crippen molar-refractivity contribution in [2.75, 3.05) is 26.3 Å². The summed E-state index contributed by atoms with van der Waals surface area (Å²) in [7, 11) is 0. The quantitative estimate of drug-likeness (QED) is 0.805. The third-order valence-electron chi connectivity index (χ3n) is 3.33.